The van der Waals surface area contributed by atoms with Gasteiger partial charge < -0.3 is 44.5 Å². The fourth-order valence-electron chi connectivity index (χ4n) is 7.48. The summed E-state index contributed by atoms with van der Waals surface area (Å²) < 4.78 is 23.3. The molecule has 12 nitrogen and oxygen atoms in total. The van der Waals surface area contributed by atoms with Crippen molar-refractivity contribution in [1.29, 1.82) is 0 Å². The Morgan fingerprint density at radius 3 is 2.38 bits per heavy atom. The van der Waals surface area contributed by atoms with E-state index in [1.165, 1.54) is 26.2 Å². The highest BCUT2D eigenvalue weighted by molar-refractivity contribution is 6.31. The lowest BCUT2D eigenvalue weighted by atomic mass is 9.71. The van der Waals surface area contributed by atoms with Crippen LogP contribution in [0.25, 0.3) is 0 Å². The number of phenols is 2. The predicted molar refractivity (Wildman–Crippen MR) is 159 cm³/mol. The lowest BCUT2D eigenvalue weighted by molar-refractivity contribution is -0.262. The van der Waals surface area contributed by atoms with E-state index in [0.29, 0.717) is 0 Å². The Balaban J connectivity index is 1.40. The van der Waals surface area contributed by atoms with Gasteiger partial charge in [0.1, 0.15) is 17.2 Å². The van der Waals surface area contributed by atoms with Gasteiger partial charge in [0.05, 0.1) is 59.9 Å². The first kappa shape index (κ1) is 31.9. The summed E-state index contributed by atoms with van der Waals surface area (Å²) in [5, 5.41) is 56.6. The molecular weight excluding hydrogens is 586 g/mol. The Bertz CT molecular complexity index is 1500. The molecule has 45 heavy (non-hydrogen) atoms. The van der Waals surface area contributed by atoms with Crippen LogP contribution in [0.1, 0.15) is 88.6 Å². The molecule has 7 atom stereocenters. The topological polar surface area (TPSA) is 175 Å². The van der Waals surface area contributed by atoms with Crippen LogP contribution < -0.4 is 4.74 Å². The van der Waals surface area contributed by atoms with E-state index < -0.39 is 59.4 Å². The van der Waals surface area contributed by atoms with Gasteiger partial charge >= 0.3 is 0 Å². The third kappa shape index (κ3) is 5.22. The van der Waals surface area contributed by atoms with E-state index in [4.69, 9.17) is 18.9 Å². The molecule has 2 unspecified atom stereocenters. The van der Waals surface area contributed by atoms with Gasteiger partial charge in [0, 0.05) is 62.2 Å². The zero-order chi connectivity index (χ0) is 32.4. The third-order valence-electron chi connectivity index (χ3n) is 10.2. The Kier molecular flexibility index (Phi) is 8.44. The van der Waals surface area contributed by atoms with E-state index >= 15 is 0 Å². The maximum absolute atomic E-state index is 13.9. The molecule has 2 fully saturated rings. The number of hydrogen-bond donors (Lipinski definition) is 5. The predicted octanol–water partition coefficient (Wildman–Crippen LogP) is 1.97. The van der Waals surface area contributed by atoms with Gasteiger partial charge in [-0.2, -0.15) is 0 Å². The van der Waals surface area contributed by atoms with Gasteiger partial charge in [-0.3, -0.25) is 14.5 Å². The molecule has 0 amide bonds. The van der Waals surface area contributed by atoms with Gasteiger partial charge in [0.15, 0.2) is 12.1 Å². The summed E-state index contributed by atoms with van der Waals surface area (Å²) >= 11 is 0. The fraction of sp³-hybridized carbons (Fsp3) is 0.576. The van der Waals surface area contributed by atoms with Crippen molar-refractivity contribution in [1.82, 2.24) is 4.90 Å². The molecule has 0 bridgehead atoms. The molecule has 2 heterocycles. The monoisotopic (exact) mass is 627 g/mol. The number of piperidine rings is 1. The lowest BCUT2D eigenvalue weighted by Crippen LogP contribution is -2.57. The van der Waals surface area contributed by atoms with E-state index in [1.807, 2.05) is 0 Å². The SMILES string of the molecule is COc1cccc2c1C(=O)c1c(O)c3c(c(O)c1C2=O)C[C@@](O)(C(C)O)CC3O[C@H]1C[C@H](N2CCC(OC)CC2)[C@H](O)[C@H](C)O1. The maximum atomic E-state index is 13.9. The zero-order valence-electron chi connectivity index (χ0n) is 25.9. The first-order valence-electron chi connectivity index (χ1n) is 15.4. The molecule has 2 aromatic carbocycles. The Morgan fingerprint density at radius 2 is 1.73 bits per heavy atom. The minimum Gasteiger partial charge on any atom is -0.507 e. The summed E-state index contributed by atoms with van der Waals surface area (Å²) in [6.45, 7) is 4.58. The summed E-state index contributed by atoms with van der Waals surface area (Å²) in [5.41, 5.74) is -2.54. The molecule has 2 aliphatic carbocycles. The Morgan fingerprint density at radius 1 is 1.04 bits per heavy atom. The number of aromatic hydroxyl groups is 2. The summed E-state index contributed by atoms with van der Waals surface area (Å²) in [7, 11) is 3.05. The molecule has 12 heteroatoms. The quantitative estimate of drug-likeness (QED) is 0.252. The van der Waals surface area contributed by atoms with Crippen LogP contribution in [-0.4, -0.2) is 112 Å². The van der Waals surface area contributed by atoms with Gasteiger partial charge in [-0.15, -0.1) is 0 Å². The summed E-state index contributed by atoms with van der Waals surface area (Å²) in [6.07, 6.45) is -3.20. The largest absolute Gasteiger partial charge is 0.507 e. The van der Waals surface area contributed by atoms with Gasteiger partial charge in [0.25, 0.3) is 0 Å². The highest BCUT2D eigenvalue weighted by Gasteiger charge is 2.50. The minimum absolute atomic E-state index is 0.000441. The van der Waals surface area contributed by atoms with Gasteiger partial charge in [-0.25, -0.2) is 0 Å². The van der Waals surface area contributed by atoms with E-state index in [2.05, 4.69) is 4.90 Å². The van der Waals surface area contributed by atoms with Crippen molar-refractivity contribution in [3.8, 4) is 17.2 Å². The van der Waals surface area contributed by atoms with Crippen LogP contribution in [0.2, 0.25) is 0 Å². The fourth-order valence-corrected chi connectivity index (χ4v) is 7.48. The number of nitrogens with zero attached hydrogens (tertiary/aromatic N) is 1. The van der Waals surface area contributed by atoms with E-state index in [0.717, 1.165) is 25.9 Å². The number of aliphatic hydroxyl groups excluding tert-OH is 2. The number of ether oxygens (including phenoxy) is 4. The average molecular weight is 628 g/mol. The number of methoxy groups -OCH3 is 2. The van der Waals surface area contributed by atoms with Crippen LogP contribution in [-0.2, 0) is 20.6 Å². The normalized spacial score (nSPS) is 31.2. The molecule has 244 valence electrons. The minimum atomic E-state index is -1.81. The van der Waals surface area contributed by atoms with Crippen molar-refractivity contribution in [3.63, 3.8) is 0 Å². The number of fused-ring (bicyclic) bond motifs is 3. The summed E-state index contributed by atoms with van der Waals surface area (Å²) in [4.78, 5) is 29.7. The summed E-state index contributed by atoms with van der Waals surface area (Å²) in [5.74, 6) is -2.35. The van der Waals surface area contributed by atoms with Crippen molar-refractivity contribution < 1.29 is 54.1 Å². The highest BCUT2D eigenvalue weighted by atomic mass is 16.7. The summed E-state index contributed by atoms with van der Waals surface area (Å²) in [6, 6.07) is 4.22. The number of rotatable bonds is 6. The number of carbonyl (C=O) groups is 2. The molecule has 0 saturated carbocycles. The smallest absolute Gasteiger partial charge is 0.202 e. The van der Waals surface area contributed by atoms with Gasteiger partial charge in [-0.1, -0.05) is 12.1 Å². The number of likely N-dealkylation sites (tertiary alicyclic amines) is 1. The molecule has 4 aliphatic rings. The second-order valence-electron chi connectivity index (χ2n) is 12.7. The molecule has 2 aliphatic heterocycles. The number of hydrogen-bond acceptors (Lipinski definition) is 12. The first-order valence-corrected chi connectivity index (χ1v) is 15.4. The number of aliphatic hydroxyl groups is 3. The van der Waals surface area contributed by atoms with Crippen LogP contribution in [0.5, 0.6) is 17.2 Å². The Labute approximate surface area is 261 Å². The number of ketones is 2. The molecule has 5 N–H and O–H groups in total. The molecule has 6 rings (SSSR count). The van der Waals surface area contributed by atoms with Crippen molar-refractivity contribution >= 4 is 11.6 Å². The van der Waals surface area contributed by atoms with Crippen LogP contribution in [0.4, 0.5) is 0 Å². The van der Waals surface area contributed by atoms with Crippen LogP contribution in [0.15, 0.2) is 18.2 Å². The second-order valence-corrected chi connectivity index (χ2v) is 12.7. The second kappa shape index (κ2) is 11.9. The maximum Gasteiger partial charge on any atom is 0.202 e. The molecule has 2 aromatic rings. The Hall–Kier alpha value is -3.10. The molecule has 2 saturated heterocycles. The molecule has 0 aromatic heterocycles. The van der Waals surface area contributed by atoms with Gasteiger partial charge in [0.2, 0.25) is 5.78 Å². The number of phenolic OH excluding ortho intramolecular Hbond substituents is 2. The van der Waals surface area contributed by atoms with Crippen molar-refractivity contribution in [2.45, 2.75) is 94.4 Å². The van der Waals surface area contributed by atoms with Crippen LogP contribution in [0, 0.1) is 0 Å². The number of carbonyl (C=O) groups excluding carboxylic acids is 2. The zero-order valence-corrected chi connectivity index (χ0v) is 25.9. The average Bonchev–Trinajstić information content (AvgIpc) is 3.02. The lowest BCUT2D eigenvalue weighted by Gasteiger charge is -2.47. The standard InChI is InChI=1S/C33H41NO11/c1-15-28(36)20(34-10-8-17(42-3)9-11-34)12-23(44-15)45-22-14-33(41,16(2)35)13-19-25(22)32(40)27-26(30(19)38)29(37)18-6-5-7-21(43-4)24(18)31(27)39/h5-7,15-17,20,22-23,28,35-36,38,40-41H,8-14H2,1-4H3/t15-,16?,20-,22?,23-,28+,33-/m0/s1. The van der Waals surface area contributed by atoms with Gasteiger partial charge in [-0.05, 0) is 32.8 Å². The van der Waals surface area contributed by atoms with Crippen LogP contribution in [0.3, 0.4) is 0 Å². The van der Waals surface area contributed by atoms with E-state index in [1.54, 1.807) is 20.1 Å². The number of benzene rings is 2. The van der Waals surface area contributed by atoms with Crippen molar-refractivity contribution in [2.24, 2.45) is 0 Å². The van der Waals surface area contributed by atoms with Crippen molar-refractivity contribution in [3.05, 3.63) is 51.6 Å². The van der Waals surface area contributed by atoms with E-state index in [-0.39, 0.29) is 70.5 Å². The van der Waals surface area contributed by atoms with Crippen molar-refractivity contribution in [2.75, 3.05) is 27.3 Å². The molecule has 0 radical (unpaired) electrons. The highest BCUT2D eigenvalue weighted by Crippen LogP contribution is 2.53. The van der Waals surface area contributed by atoms with Crippen LogP contribution >= 0.6 is 0 Å². The molecular formula is C33H41NO11. The third-order valence-corrected chi connectivity index (χ3v) is 10.2. The first-order chi connectivity index (χ1) is 21.4. The van der Waals surface area contributed by atoms with E-state index in [9.17, 15) is 35.1 Å². The molecule has 0 spiro atoms.